The molecule has 0 bridgehead atoms. The van der Waals surface area contributed by atoms with E-state index in [1.807, 2.05) is 25.1 Å². The van der Waals surface area contributed by atoms with Crippen LogP contribution in [0.4, 0.5) is 16.2 Å². The monoisotopic (exact) mass is 351 g/mol. The zero-order valence-electron chi connectivity index (χ0n) is 14.6. The number of anilines is 1. The molecule has 0 unspecified atom stereocenters. The number of nitrogens with one attached hydrogen (secondary N) is 2. The number of hydrogen-bond acceptors (Lipinski definition) is 5. The summed E-state index contributed by atoms with van der Waals surface area (Å²) >= 11 is 1.39. The van der Waals surface area contributed by atoms with Crippen molar-refractivity contribution in [3.8, 4) is 0 Å². The number of hydrogen-bond donors (Lipinski definition) is 2. The van der Waals surface area contributed by atoms with Crippen LogP contribution in [0.15, 0.2) is 23.2 Å². The van der Waals surface area contributed by atoms with Crippen LogP contribution in [-0.2, 0) is 16.0 Å². The lowest BCUT2D eigenvalue weighted by atomic mass is 10.1. The molecule has 132 valence electrons. The quantitative estimate of drug-likeness (QED) is 0.598. The maximum absolute atomic E-state index is 11.5. The third kappa shape index (κ3) is 7.04. The zero-order valence-corrected chi connectivity index (χ0v) is 15.5. The van der Waals surface area contributed by atoms with Crippen LogP contribution in [-0.4, -0.2) is 30.0 Å². The van der Waals surface area contributed by atoms with Crippen LogP contribution >= 0.6 is 11.8 Å². The van der Waals surface area contributed by atoms with Gasteiger partial charge < -0.3 is 10.1 Å². The first kappa shape index (κ1) is 20.0. The van der Waals surface area contributed by atoms with Crippen molar-refractivity contribution >= 4 is 40.3 Å². The number of unbranched alkanes of at least 4 members (excludes halogenated alkanes) is 1. The Bertz CT molecular complexity index is 603. The van der Waals surface area contributed by atoms with Gasteiger partial charge in [0.15, 0.2) is 5.17 Å². The molecule has 2 amide bonds. The number of benzene rings is 1. The minimum atomic E-state index is -0.571. The fourth-order valence-electron chi connectivity index (χ4n) is 1.98. The first-order valence-corrected chi connectivity index (χ1v) is 8.95. The summed E-state index contributed by atoms with van der Waals surface area (Å²) in [5, 5.41) is 5.80. The van der Waals surface area contributed by atoms with Crippen LogP contribution in [0.1, 0.15) is 39.2 Å². The molecule has 1 aromatic rings. The Kier molecular flexibility index (Phi) is 8.93. The predicted molar refractivity (Wildman–Crippen MR) is 100 cm³/mol. The first-order valence-electron chi connectivity index (χ1n) is 7.97. The molecule has 7 heteroatoms. The number of amidine groups is 1. The summed E-state index contributed by atoms with van der Waals surface area (Å²) in [4.78, 5) is 27.4. The van der Waals surface area contributed by atoms with Crippen molar-refractivity contribution in [1.82, 2.24) is 5.32 Å². The number of methoxy groups -OCH3 is 1. The van der Waals surface area contributed by atoms with Crippen LogP contribution in [0.5, 0.6) is 0 Å². The number of alkyl carbamates (subject to hydrolysis) is 1. The first-order chi connectivity index (χ1) is 11.5. The average Bonchev–Trinajstić information content (AvgIpc) is 2.54. The lowest BCUT2D eigenvalue weighted by Gasteiger charge is -2.11. The maximum Gasteiger partial charge on any atom is 0.412 e. The van der Waals surface area contributed by atoms with Crippen LogP contribution in [0.2, 0.25) is 0 Å². The van der Waals surface area contributed by atoms with Gasteiger partial charge in [0.25, 0.3) is 0 Å². The number of aliphatic imine (C=N–C) groups is 1. The van der Waals surface area contributed by atoms with E-state index in [9.17, 15) is 9.59 Å². The van der Waals surface area contributed by atoms with Gasteiger partial charge >= 0.3 is 6.09 Å². The summed E-state index contributed by atoms with van der Waals surface area (Å²) in [6.07, 6.45) is 2.56. The second kappa shape index (κ2) is 10.7. The number of carbonyl (C=O) groups excluding carboxylic acids is 2. The number of amides is 2. The highest BCUT2D eigenvalue weighted by atomic mass is 32.2. The molecule has 0 spiro atoms. The van der Waals surface area contributed by atoms with Gasteiger partial charge in [-0.3, -0.25) is 10.1 Å². The highest BCUT2D eigenvalue weighted by Gasteiger charge is 2.10. The molecule has 0 saturated heterocycles. The van der Waals surface area contributed by atoms with Crippen molar-refractivity contribution in [2.24, 2.45) is 4.99 Å². The van der Waals surface area contributed by atoms with Gasteiger partial charge in [-0.2, -0.15) is 0 Å². The Balaban J connectivity index is 3.18. The van der Waals surface area contributed by atoms with Crippen LogP contribution < -0.4 is 10.6 Å². The van der Waals surface area contributed by atoms with E-state index in [0.29, 0.717) is 16.5 Å². The Hall–Kier alpha value is -2.02. The average molecular weight is 351 g/mol. The van der Waals surface area contributed by atoms with E-state index in [4.69, 9.17) is 0 Å². The van der Waals surface area contributed by atoms with Crippen LogP contribution in [0.3, 0.4) is 0 Å². The van der Waals surface area contributed by atoms with Crippen molar-refractivity contribution in [2.45, 2.75) is 40.0 Å². The SMILES string of the molecule is CCCCc1ccc(NC(C)=O)c(N=C(NC(=O)OC)SCC)c1. The maximum atomic E-state index is 11.5. The number of carbonyl (C=O) groups is 2. The van der Waals surface area contributed by atoms with Crippen LogP contribution in [0, 0.1) is 0 Å². The molecular formula is C17H25N3O3S. The minimum absolute atomic E-state index is 0.168. The van der Waals surface area contributed by atoms with E-state index in [1.54, 1.807) is 0 Å². The number of rotatable bonds is 6. The molecule has 0 aliphatic rings. The third-order valence-corrected chi connectivity index (χ3v) is 3.84. The normalized spacial score (nSPS) is 11.1. The summed E-state index contributed by atoms with van der Waals surface area (Å²) in [5.41, 5.74) is 2.37. The second-order valence-corrected chi connectivity index (χ2v) is 6.36. The molecular weight excluding hydrogens is 326 g/mol. The molecule has 24 heavy (non-hydrogen) atoms. The smallest absolute Gasteiger partial charge is 0.412 e. The van der Waals surface area contributed by atoms with E-state index in [1.165, 1.54) is 25.8 Å². The van der Waals surface area contributed by atoms with Gasteiger partial charge in [-0.1, -0.05) is 38.1 Å². The summed E-state index contributed by atoms with van der Waals surface area (Å²) in [5.74, 6) is 0.576. The topological polar surface area (TPSA) is 79.8 Å². The van der Waals surface area contributed by atoms with Gasteiger partial charge in [0.2, 0.25) is 5.91 Å². The Morgan fingerprint density at radius 1 is 1.29 bits per heavy atom. The molecule has 0 saturated carbocycles. The Morgan fingerprint density at radius 3 is 2.62 bits per heavy atom. The van der Waals surface area contributed by atoms with E-state index < -0.39 is 6.09 Å². The number of nitrogens with zero attached hydrogens (tertiary/aromatic N) is 1. The predicted octanol–water partition coefficient (Wildman–Crippen LogP) is 4.08. The number of ether oxygens (including phenoxy) is 1. The number of thioether (sulfide) groups is 1. The largest absolute Gasteiger partial charge is 0.453 e. The zero-order chi connectivity index (χ0) is 17.9. The summed E-state index contributed by atoms with van der Waals surface area (Å²) in [6, 6.07) is 5.77. The van der Waals surface area contributed by atoms with Crippen molar-refractivity contribution in [2.75, 3.05) is 18.2 Å². The van der Waals surface area contributed by atoms with Crippen molar-refractivity contribution < 1.29 is 14.3 Å². The highest BCUT2D eigenvalue weighted by molar-refractivity contribution is 8.13. The molecule has 1 rings (SSSR count). The van der Waals surface area contributed by atoms with Gasteiger partial charge in [0, 0.05) is 6.92 Å². The van der Waals surface area contributed by atoms with Gasteiger partial charge in [-0.05, 0) is 36.3 Å². The summed E-state index contributed by atoms with van der Waals surface area (Å²) < 4.78 is 4.62. The van der Waals surface area contributed by atoms with Gasteiger partial charge in [-0.25, -0.2) is 9.79 Å². The van der Waals surface area contributed by atoms with E-state index in [-0.39, 0.29) is 5.91 Å². The molecule has 2 N–H and O–H groups in total. The van der Waals surface area contributed by atoms with E-state index >= 15 is 0 Å². The minimum Gasteiger partial charge on any atom is -0.453 e. The molecule has 0 aromatic heterocycles. The molecule has 0 atom stereocenters. The molecule has 0 fully saturated rings. The third-order valence-electron chi connectivity index (χ3n) is 3.09. The van der Waals surface area contributed by atoms with Crippen molar-refractivity contribution in [1.29, 1.82) is 0 Å². The lowest BCUT2D eigenvalue weighted by molar-refractivity contribution is -0.114. The van der Waals surface area contributed by atoms with Crippen molar-refractivity contribution in [3.63, 3.8) is 0 Å². The second-order valence-electron chi connectivity index (χ2n) is 5.10. The Labute approximate surface area is 147 Å². The van der Waals surface area contributed by atoms with E-state index in [0.717, 1.165) is 30.6 Å². The summed E-state index contributed by atoms with van der Waals surface area (Å²) in [7, 11) is 1.30. The molecule has 0 heterocycles. The van der Waals surface area contributed by atoms with Crippen LogP contribution in [0.25, 0.3) is 0 Å². The number of aryl methyl sites for hydroxylation is 1. The molecule has 0 aliphatic heterocycles. The van der Waals surface area contributed by atoms with Gasteiger partial charge in [0.1, 0.15) is 0 Å². The van der Waals surface area contributed by atoms with Crippen molar-refractivity contribution in [3.05, 3.63) is 23.8 Å². The van der Waals surface area contributed by atoms with E-state index in [2.05, 4.69) is 27.3 Å². The standard InChI is InChI=1S/C17H25N3O3S/c1-5-7-8-13-9-10-14(18-12(3)21)15(11-13)19-16(24-6-2)20-17(22)23-4/h9-11H,5-8H2,1-4H3,(H,18,21)(H,19,20,22). The lowest BCUT2D eigenvalue weighted by Crippen LogP contribution is -2.28. The molecule has 1 aromatic carbocycles. The highest BCUT2D eigenvalue weighted by Crippen LogP contribution is 2.28. The van der Waals surface area contributed by atoms with Gasteiger partial charge in [0.05, 0.1) is 18.5 Å². The Morgan fingerprint density at radius 2 is 2.04 bits per heavy atom. The fourth-order valence-corrected chi connectivity index (χ4v) is 2.57. The molecule has 0 radical (unpaired) electrons. The fraction of sp³-hybridized carbons (Fsp3) is 0.471. The van der Waals surface area contributed by atoms with Gasteiger partial charge in [-0.15, -0.1) is 0 Å². The molecule has 6 nitrogen and oxygen atoms in total. The molecule has 0 aliphatic carbocycles. The summed E-state index contributed by atoms with van der Waals surface area (Å²) in [6.45, 7) is 5.56.